The van der Waals surface area contributed by atoms with E-state index in [1.54, 1.807) is 43.8 Å². The Morgan fingerprint density at radius 2 is 1.88 bits per heavy atom. The summed E-state index contributed by atoms with van der Waals surface area (Å²) in [7, 11) is 1.57. The third kappa shape index (κ3) is 5.51. The minimum absolute atomic E-state index is 0.109. The quantitative estimate of drug-likeness (QED) is 0.257. The average Bonchev–Trinajstić information content (AvgIpc) is 2.88. The van der Waals surface area contributed by atoms with Gasteiger partial charge in [0.1, 0.15) is 18.6 Å². The van der Waals surface area contributed by atoms with E-state index in [9.17, 15) is 9.90 Å². The first-order valence-electron chi connectivity index (χ1n) is 11.0. The Bertz CT molecular complexity index is 1260. The Labute approximate surface area is 198 Å². The molecule has 0 amide bonds. The molecule has 0 bridgehead atoms. The largest absolute Gasteiger partial charge is 0.497 e. The molecule has 34 heavy (non-hydrogen) atoms. The van der Waals surface area contributed by atoms with Gasteiger partial charge in [-0.3, -0.25) is 4.98 Å². The maximum absolute atomic E-state index is 12.4. The van der Waals surface area contributed by atoms with E-state index in [0.717, 1.165) is 27.6 Å². The number of esters is 1. The Hall–Kier alpha value is -3.94. The second-order valence-electron chi connectivity index (χ2n) is 7.92. The van der Waals surface area contributed by atoms with Gasteiger partial charge < -0.3 is 25.6 Å². The van der Waals surface area contributed by atoms with Gasteiger partial charge in [0.2, 0.25) is 0 Å². The molecule has 7 heteroatoms. The number of anilines is 1. The van der Waals surface area contributed by atoms with E-state index in [1.807, 2.05) is 48.5 Å². The molecule has 0 aliphatic rings. The second-order valence-corrected chi connectivity index (χ2v) is 7.92. The number of pyridine rings is 1. The van der Waals surface area contributed by atoms with E-state index >= 15 is 0 Å². The first-order chi connectivity index (χ1) is 16.6. The lowest BCUT2D eigenvalue weighted by molar-refractivity contribution is 0.0472. The summed E-state index contributed by atoms with van der Waals surface area (Å²) in [5.74, 6) is -0.105. The number of fused-ring (bicyclic) bond motifs is 1. The molecule has 0 aliphatic carbocycles. The summed E-state index contributed by atoms with van der Waals surface area (Å²) in [4.78, 5) is 16.5. The highest BCUT2D eigenvalue weighted by Gasteiger charge is 2.20. The molecular weight excluding hydrogens is 430 g/mol. The van der Waals surface area contributed by atoms with Crippen LogP contribution in [0.5, 0.6) is 5.75 Å². The monoisotopic (exact) mass is 457 g/mol. The summed E-state index contributed by atoms with van der Waals surface area (Å²) in [6.07, 6.45) is 2.63. The number of ether oxygens (including phenoxy) is 2. The minimum Gasteiger partial charge on any atom is -0.497 e. The van der Waals surface area contributed by atoms with Gasteiger partial charge in [0.15, 0.2) is 0 Å². The van der Waals surface area contributed by atoms with Crippen molar-refractivity contribution in [2.75, 3.05) is 19.0 Å². The Balaban J connectivity index is 1.42. The van der Waals surface area contributed by atoms with Crippen LogP contribution in [-0.4, -0.2) is 35.9 Å². The molecular formula is C27H27N3O4. The number of hydrogen-bond acceptors (Lipinski definition) is 7. The summed E-state index contributed by atoms with van der Waals surface area (Å²) in [5.41, 5.74) is 8.91. The molecule has 4 N–H and O–H groups in total. The first-order valence-corrected chi connectivity index (χ1v) is 11.0. The predicted molar refractivity (Wildman–Crippen MR) is 132 cm³/mol. The topological polar surface area (TPSA) is 107 Å². The fourth-order valence-corrected chi connectivity index (χ4v) is 3.76. The normalized spacial score (nSPS) is 12.7. The fourth-order valence-electron chi connectivity index (χ4n) is 3.76. The maximum atomic E-state index is 12.4. The summed E-state index contributed by atoms with van der Waals surface area (Å²) in [5, 5.41) is 16.1. The summed E-state index contributed by atoms with van der Waals surface area (Å²) < 4.78 is 10.6. The number of benzene rings is 3. The van der Waals surface area contributed by atoms with Gasteiger partial charge in [-0.25, -0.2) is 4.79 Å². The Kier molecular flexibility index (Phi) is 7.37. The van der Waals surface area contributed by atoms with Crippen LogP contribution in [0.15, 0.2) is 85.2 Å². The zero-order chi connectivity index (χ0) is 23.9. The van der Waals surface area contributed by atoms with Crippen molar-refractivity contribution in [3.63, 3.8) is 0 Å². The number of aliphatic hydroxyl groups excluding tert-OH is 1. The SMILES string of the molecule is COc1ccc(C(=O)OCc2cccc(C(CN)C(O)Nc3ccc4cnccc4c3)c2)cc1. The molecule has 174 valence electrons. The Morgan fingerprint density at radius 1 is 1.06 bits per heavy atom. The number of carbonyl (C=O) groups excluding carboxylic acids is 1. The molecule has 0 saturated heterocycles. The number of rotatable bonds is 9. The first kappa shape index (κ1) is 23.2. The predicted octanol–water partition coefficient (Wildman–Crippen LogP) is 4.07. The van der Waals surface area contributed by atoms with Gasteiger partial charge in [0.25, 0.3) is 0 Å². The van der Waals surface area contributed by atoms with Crippen molar-refractivity contribution in [1.29, 1.82) is 0 Å². The van der Waals surface area contributed by atoms with E-state index in [2.05, 4.69) is 10.3 Å². The lowest BCUT2D eigenvalue weighted by Gasteiger charge is -2.24. The fraction of sp³-hybridized carbons (Fsp3) is 0.185. The van der Waals surface area contributed by atoms with Gasteiger partial charge in [0.05, 0.1) is 12.7 Å². The third-order valence-electron chi connectivity index (χ3n) is 5.67. The molecule has 3 aromatic carbocycles. The van der Waals surface area contributed by atoms with Gasteiger partial charge in [0, 0.05) is 35.9 Å². The van der Waals surface area contributed by atoms with Crippen LogP contribution < -0.4 is 15.8 Å². The highest BCUT2D eigenvalue weighted by molar-refractivity contribution is 5.89. The molecule has 2 unspecified atom stereocenters. The summed E-state index contributed by atoms with van der Waals surface area (Å²) >= 11 is 0. The van der Waals surface area contributed by atoms with Crippen molar-refractivity contribution in [3.8, 4) is 5.75 Å². The number of nitrogens with two attached hydrogens (primary N) is 1. The van der Waals surface area contributed by atoms with Gasteiger partial charge in [-0.1, -0.05) is 30.3 Å². The van der Waals surface area contributed by atoms with E-state index < -0.39 is 12.2 Å². The van der Waals surface area contributed by atoms with Crippen LogP contribution in [0.25, 0.3) is 10.8 Å². The van der Waals surface area contributed by atoms with Crippen molar-refractivity contribution < 1.29 is 19.4 Å². The molecule has 0 fully saturated rings. The molecule has 1 aromatic heterocycles. The molecule has 1 heterocycles. The zero-order valence-corrected chi connectivity index (χ0v) is 18.8. The smallest absolute Gasteiger partial charge is 0.338 e. The van der Waals surface area contributed by atoms with Crippen LogP contribution in [-0.2, 0) is 11.3 Å². The zero-order valence-electron chi connectivity index (χ0n) is 18.8. The molecule has 0 saturated carbocycles. The highest BCUT2D eigenvalue weighted by Crippen LogP contribution is 2.24. The Morgan fingerprint density at radius 3 is 2.65 bits per heavy atom. The summed E-state index contributed by atoms with van der Waals surface area (Å²) in [6.45, 7) is 0.346. The van der Waals surface area contributed by atoms with Gasteiger partial charge in [-0.2, -0.15) is 0 Å². The maximum Gasteiger partial charge on any atom is 0.338 e. The van der Waals surface area contributed by atoms with Crippen LogP contribution in [0.3, 0.4) is 0 Å². The van der Waals surface area contributed by atoms with Crippen molar-refractivity contribution in [1.82, 2.24) is 4.98 Å². The van der Waals surface area contributed by atoms with Crippen LogP contribution in [0.2, 0.25) is 0 Å². The molecule has 0 aliphatic heterocycles. The molecule has 7 nitrogen and oxygen atoms in total. The number of hydrogen-bond donors (Lipinski definition) is 3. The van der Waals surface area contributed by atoms with E-state index in [-0.39, 0.29) is 19.1 Å². The van der Waals surface area contributed by atoms with Crippen molar-refractivity contribution in [2.24, 2.45) is 5.73 Å². The number of carbonyl (C=O) groups is 1. The third-order valence-corrected chi connectivity index (χ3v) is 5.67. The number of aromatic nitrogens is 1. The van der Waals surface area contributed by atoms with Gasteiger partial charge in [-0.15, -0.1) is 0 Å². The van der Waals surface area contributed by atoms with Crippen LogP contribution >= 0.6 is 0 Å². The molecule has 4 rings (SSSR count). The number of aliphatic hydroxyl groups is 1. The van der Waals surface area contributed by atoms with E-state index in [0.29, 0.717) is 11.3 Å². The van der Waals surface area contributed by atoms with Crippen molar-refractivity contribution in [3.05, 3.63) is 102 Å². The summed E-state index contributed by atoms with van der Waals surface area (Å²) in [6, 6.07) is 22.0. The molecule has 0 radical (unpaired) electrons. The highest BCUT2D eigenvalue weighted by atomic mass is 16.5. The van der Waals surface area contributed by atoms with Crippen LogP contribution in [0.1, 0.15) is 27.4 Å². The van der Waals surface area contributed by atoms with Crippen molar-refractivity contribution in [2.45, 2.75) is 18.8 Å². The molecule has 0 spiro atoms. The standard InChI is InChI=1S/C27H27N3O4/c1-33-24-9-6-19(7-10-24)27(32)34-17-18-3-2-4-21(13-18)25(15-28)26(31)30-23-8-5-22-16-29-12-11-20(22)14-23/h2-14,16,25-26,30-31H,15,17,28H2,1H3. The van der Waals surface area contributed by atoms with E-state index in [1.165, 1.54) is 0 Å². The van der Waals surface area contributed by atoms with E-state index in [4.69, 9.17) is 15.2 Å². The number of methoxy groups -OCH3 is 1. The lowest BCUT2D eigenvalue weighted by Crippen LogP contribution is -2.32. The van der Waals surface area contributed by atoms with Crippen LogP contribution in [0, 0.1) is 0 Å². The van der Waals surface area contributed by atoms with Gasteiger partial charge in [-0.05, 0) is 59.0 Å². The van der Waals surface area contributed by atoms with Crippen LogP contribution in [0.4, 0.5) is 5.69 Å². The minimum atomic E-state index is -0.901. The molecule has 2 atom stereocenters. The number of nitrogens with zero attached hydrogens (tertiary/aromatic N) is 1. The molecule has 4 aromatic rings. The number of nitrogens with one attached hydrogen (secondary N) is 1. The average molecular weight is 458 g/mol. The van der Waals surface area contributed by atoms with Gasteiger partial charge >= 0.3 is 5.97 Å². The van der Waals surface area contributed by atoms with Crippen molar-refractivity contribution >= 4 is 22.4 Å². The lowest BCUT2D eigenvalue weighted by atomic mass is 9.95. The second kappa shape index (κ2) is 10.8.